The van der Waals surface area contributed by atoms with Gasteiger partial charge in [0.1, 0.15) is 0 Å². The van der Waals surface area contributed by atoms with Crippen LogP contribution in [0.15, 0.2) is 48.7 Å². The highest BCUT2D eigenvalue weighted by Crippen LogP contribution is 2.30. The fraction of sp³-hybridized carbons (Fsp3) is 0.286. The van der Waals surface area contributed by atoms with Gasteiger partial charge < -0.3 is 14.8 Å². The molecule has 2 heterocycles. The molecule has 27 heavy (non-hydrogen) atoms. The number of aryl methyl sites for hydroxylation is 1. The number of benzene rings is 2. The highest BCUT2D eigenvalue weighted by Gasteiger charge is 2.15. The van der Waals surface area contributed by atoms with Crippen molar-refractivity contribution in [2.24, 2.45) is 7.05 Å². The molecule has 0 aliphatic carbocycles. The maximum Gasteiger partial charge on any atom is 0.228 e. The van der Waals surface area contributed by atoms with Crippen molar-refractivity contribution in [2.75, 3.05) is 34.8 Å². The standard InChI is InChI=1S/C21H22ClN3OS/c1-24-14-15(17-4-2-3-5-19(17)24)12-21(26)23-16-6-7-20(18(22)13-16)25-8-10-27-11-9-25/h2-7,13-14H,8-12H2,1H3,(H,23,26). The molecule has 1 fully saturated rings. The summed E-state index contributed by atoms with van der Waals surface area (Å²) >= 11 is 8.46. The van der Waals surface area contributed by atoms with Crippen LogP contribution in [-0.2, 0) is 18.3 Å². The first-order valence-electron chi connectivity index (χ1n) is 9.07. The number of nitrogens with one attached hydrogen (secondary N) is 1. The molecule has 3 aromatic rings. The van der Waals surface area contributed by atoms with Crippen LogP contribution in [0.2, 0.25) is 5.02 Å². The highest BCUT2D eigenvalue weighted by molar-refractivity contribution is 7.99. The van der Waals surface area contributed by atoms with Gasteiger partial charge >= 0.3 is 0 Å². The predicted octanol–water partition coefficient (Wildman–Crippen LogP) is 4.57. The zero-order valence-electron chi connectivity index (χ0n) is 15.2. The summed E-state index contributed by atoms with van der Waals surface area (Å²) in [5.74, 6) is 2.21. The minimum absolute atomic E-state index is 0.0375. The molecule has 1 N–H and O–H groups in total. The molecule has 0 unspecified atom stereocenters. The summed E-state index contributed by atoms with van der Waals surface area (Å²) in [7, 11) is 2.00. The molecule has 0 bridgehead atoms. The molecule has 2 aromatic carbocycles. The van der Waals surface area contributed by atoms with Gasteiger partial charge in [-0.3, -0.25) is 4.79 Å². The van der Waals surface area contributed by atoms with Gasteiger partial charge in [-0.2, -0.15) is 11.8 Å². The predicted molar refractivity (Wildman–Crippen MR) is 116 cm³/mol. The average Bonchev–Trinajstić information content (AvgIpc) is 2.98. The van der Waals surface area contributed by atoms with E-state index in [-0.39, 0.29) is 5.91 Å². The van der Waals surface area contributed by atoms with Crippen molar-refractivity contribution < 1.29 is 4.79 Å². The van der Waals surface area contributed by atoms with Gasteiger partial charge in [-0.15, -0.1) is 0 Å². The molecule has 1 aromatic heterocycles. The topological polar surface area (TPSA) is 37.3 Å². The molecule has 4 nitrogen and oxygen atoms in total. The molecular weight excluding hydrogens is 378 g/mol. The largest absolute Gasteiger partial charge is 0.369 e. The zero-order valence-corrected chi connectivity index (χ0v) is 16.8. The average molecular weight is 400 g/mol. The number of amides is 1. The van der Waals surface area contributed by atoms with E-state index in [0.29, 0.717) is 11.4 Å². The summed E-state index contributed by atoms with van der Waals surface area (Å²) in [6, 6.07) is 13.9. The summed E-state index contributed by atoms with van der Waals surface area (Å²) in [4.78, 5) is 14.9. The normalized spacial score (nSPS) is 14.5. The summed E-state index contributed by atoms with van der Waals surface area (Å²) < 4.78 is 2.06. The third-order valence-electron chi connectivity index (χ3n) is 4.91. The van der Waals surface area contributed by atoms with Crippen LogP contribution >= 0.6 is 23.4 Å². The number of halogens is 1. The third-order valence-corrected chi connectivity index (χ3v) is 6.16. The maximum absolute atomic E-state index is 12.6. The zero-order chi connectivity index (χ0) is 18.8. The lowest BCUT2D eigenvalue weighted by Gasteiger charge is -2.29. The number of carbonyl (C=O) groups excluding carboxylic acids is 1. The van der Waals surface area contributed by atoms with Crippen LogP contribution in [0, 0.1) is 0 Å². The molecule has 6 heteroatoms. The Kier molecular flexibility index (Phi) is 5.32. The molecule has 1 aliphatic rings. The Labute approximate surface area is 168 Å². The molecule has 140 valence electrons. The van der Waals surface area contributed by atoms with Gasteiger partial charge in [0.2, 0.25) is 5.91 Å². The van der Waals surface area contributed by atoms with Crippen molar-refractivity contribution in [3.05, 3.63) is 59.2 Å². The van der Waals surface area contributed by atoms with Crippen molar-refractivity contribution in [1.29, 1.82) is 0 Å². The van der Waals surface area contributed by atoms with Crippen molar-refractivity contribution >= 4 is 51.5 Å². The summed E-state index contributed by atoms with van der Waals surface area (Å²) in [5, 5.41) is 4.78. The Morgan fingerprint density at radius 3 is 2.74 bits per heavy atom. The van der Waals surface area contributed by atoms with Crippen LogP contribution in [-0.4, -0.2) is 35.1 Å². The fourth-order valence-electron chi connectivity index (χ4n) is 3.59. The first-order valence-corrected chi connectivity index (χ1v) is 10.6. The molecule has 1 amide bonds. The highest BCUT2D eigenvalue weighted by atomic mass is 35.5. The van der Waals surface area contributed by atoms with E-state index < -0.39 is 0 Å². The number of anilines is 2. The molecule has 0 atom stereocenters. The lowest BCUT2D eigenvalue weighted by molar-refractivity contribution is -0.115. The van der Waals surface area contributed by atoms with Gasteiger partial charge in [0.25, 0.3) is 0 Å². The summed E-state index contributed by atoms with van der Waals surface area (Å²) in [5.41, 5.74) is 3.94. The van der Waals surface area contributed by atoms with E-state index in [0.717, 1.165) is 52.4 Å². The molecule has 1 aliphatic heterocycles. The van der Waals surface area contributed by atoms with Gasteiger partial charge in [0, 0.05) is 54.4 Å². The molecule has 4 rings (SSSR count). The minimum atomic E-state index is -0.0375. The first-order chi connectivity index (χ1) is 13.1. The first kappa shape index (κ1) is 18.3. The van der Waals surface area contributed by atoms with Crippen LogP contribution in [0.5, 0.6) is 0 Å². The van der Waals surface area contributed by atoms with Gasteiger partial charge in [0.05, 0.1) is 17.1 Å². The lowest BCUT2D eigenvalue weighted by Crippen LogP contribution is -2.32. The summed E-state index contributed by atoms with van der Waals surface area (Å²) in [6.45, 7) is 2.02. The van der Waals surface area contributed by atoms with Crippen LogP contribution in [0.1, 0.15) is 5.56 Å². The van der Waals surface area contributed by atoms with Gasteiger partial charge in [-0.05, 0) is 29.8 Å². The Morgan fingerprint density at radius 1 is 1.19 bits per heavy atom. The molecule has 1 saturated heterocycles. The number of hydrogen-bond donors (Lipinski definition) is 1. The van der Waals surface area contributed by atoms with Crippen molar-refractivity contribution in [1.82, 2.24) is 4.57 Å². The van der Waals surface area contributed by atoms with E-state index in [2.05, 4.69) is 26.9 Å². The van der Waals surface area contributed by atoms with Crippen LogP contribution in [0.3, 0.4) is 0 Å². The second-order valence-electron chi connectivity index (χ2n) is 6.77. The SMILES string of the molecule is Cn1cc(CC(=O)Nc2ccc(N3CCSCC3)c(Cl)c2)c2ccccc21. The van der Waals surface area contributed by atoms with E-state index in [1.165, 1.54) is 0 Å². The maximum atomic E-state index is 12.6. The Morgan fingerprint density at radius 2 is 1.96 bits per heavy atom. The number of thioether (sulfide) groups is 1. The number of rotatable bonds is 4. The lowest BCUT2D eigenvalue weighted by atomic mass is 10.1. The van der Waals surface area contributed by atoms with Crippen LogP contribution < -0.4 is 10.2 Å². The number of hydrogen-bond acceptors (Lipinski definition) is 3. The monoisotopic (exact) mass is 399 g/mol. The molecule has 0 radical (unpaired) electrons. The quantitative estimate of drug-likeness (QED) is 0.698. The third kappa shape index (κ3) is 3.94. The second-order valence-corrected chi connectivity index (χ2v) is 8.40. The smallest absolute Gasteiger partial charge is 0.228 e. The number of fused-ring (bicyclic) bond motifs is 1. The van der Waals surface area contributed by atoms with Gasteiger partial charge in [-0.25, -0.2) is 0 Å². The Hall–Kier alpha value is -2.11. The van der Waals surface area contributed by atoms with E-state index in [1.807, 2.05) is 55.3 Å². The fourth-order valence-corrected chi connectivity index (χ4v) is 4.79. The number of carbonyl (C=O) groups is 1. The molecule has 0 saturated carbocycles. The van der Waals surface area contributed by atoms with E-state index >= 15 is 0 Å². The number of para-hydroxylation sites is 1. The Balaban J connectivity index is 1.47. The summed E-state index contributed by atoms with van der Waals surface area (Å²) in [6.07, 6.45) is 2.36. The Bertz CT molecular complexity index is 979. The number of nitrogens with zero attached hydrogens (tertiary/aromatic N) is 2. The van der Waals surface area contributed by atoms with Crippen LogP contribution in [0.4, 0.5) is 11.4 Å². The molecular formula is C21H22ClN3OS. The van der Waals surface area contributed by atoms with Crippen molar-refractivity contribution in [3.63, 3.8) is 0 Å². The molecule has 0 spiro atoms. The van der Waals surface area contributed by atoms with Crippen molar-refractivity contribution in [2.45, 2.75) is 6.42 Å². The van der Waals surface area contributed by atoms with Crippen molar-refractivity contribution in [3.8, 4) is 0 Å². The van der Waals surface area contributed by atoms with Crippen LogP contribution in [0.25, 0.3) is 10.9 Å². The second kappa shape index (κ2) is 7.87. The minimum Gasteiger partial charge on any atom is -0.369 e. The number of aromatic nitrogens is 1. The van der Waals surface area contributed by atoms with E-state index in [1.54, 1.807) is 0 Å². The van der Waals surface area contributed by atoms with Gasteiger partial charge in [-0.1, -0.05) is 29.8 Å². The van der Waals surface area contributed by atoms with E-state index in [9.17, 15) is 4.79 Å². The van der Waals surface area contributed by atoms with Gasteiger partial charge in [0.15, 0.2) is 0 Å². The van der Waals surface area contributed by atoms with E-state index in [4.69, 9.17) is 11.6 Å².